The lowest BCUT2D eigenvalue weighted by molar-refractivity contribution is 0.0265. The molecule has 0 bridgehead atoms. The fourth-order valence-electron chi connectivity index (χ4n) is 2.62. The molecular formula is C14H17N5O2. The monoisotopic (exact) mass is 287 g/mol. The Morgan fingerprint density at radius 2 is 2.29 bits per heavy atom. The highest BCUT2D eigenvalue weighted by Crippen LogP contribution is 2.28. The molecule has 0 spiro atoms. The quantitative estimate of drug-likeness (QED) is 0.863. The Balaban J connectivity index is 1.71. The van der Waals surface area contributed by atoms with Gasteiger partial charge in [-0.2, -0.15) is 5.21 Å². The smallest absolute Gasteiger partial charge is 0.253 e. The Hall–Kier alpha value is -2.28. The zero-order chi connectivity index (χ0) is 14.8. The van der Waals surface area contributed by atoms with E-state index >= 15 is 0 Å². The lowest BCUT2D eigenvalue weighted by Gasteiger charge is -2.34. The highest BCUT2D eigenvalue weighted by Gasteiger charge is 2.29. The van der Waals surface area contributed by atoms with Gasteiger partial charge in [0.2, 0.25) is 5.82 Å². The maximum atomic E-state index is 12.4. The first kappa shape index (κ1) is 13.7. The van der Waals surface area contributed by atoms with Crippen molar-refractivity contribution in [1.29, 1.82) is 0 Å². The Bertz CT molecular complexity index is 622. The van der Waals surface area contributed by atoms with E-state index in [4.69, 9.17) is 0 Å². The molecule has 21 heavy (non-hydrogen) atoms. The standard InChI is InChI=1S/C14H17N5O2/c1-19(8-9-5-12(20)6-9)14(21)11-4-2-3-10(7-11)13-15-17-18-16-13/h2-4,7,9,12,20H,5-6,8H2,1H3,(H,15,16,17,18). The number of aliphatic hydroxyl groups is 1. The highest BCUT2D eigenvalue weighted by atomic mass is 16.3. The number of aromatic amines is 1. The summed E-state index contributed by atoms with van der Waals surface area (Å²) in [5, 5.41) is 23.0. The lowest BCUT2D eigenvalue weighted by Crippen LogP contribution is -2.39. The molecule has 1 aromatic heterocycles. The van der Waals surface area contributed by atoms with Crippen LogP contribution in [-0.4, -0.2) is 56.2 Å². The normalized spacial score (nSPS) is 20.9. The number of nitrogens with one attached hydrogen (secondary N) is 1. The van der Waals surface area contributed by atoms with Crippen LogP contribution in [0.15, 0.2) is 24.3 Å². The third kappa shape index (κ3) is 2.92. The first-order chi connectivity index (χ1) is 10.1. The minimum Gasteiger partial charge on any atom is -0.393 e. The van der Waals surface area contributed by atoms with Gasteiger partial charge in [0.05, 0.1) is 6.10 Å². The van der Waals surface area contributed by atoms with Crippen LogP contribution in [0.4, 0.5) is 0 Å². The number of benzene rings is 1. The van der Waals surface area contributed by atoms with E-state index < -0.39 is 0 Å². The van der Waals surface area contributed by atoms with Crippen LogP contribution >= 0.6 is 0 Å². The number of tetrazole rings is 1. The Morgan fingerprint density at radius 3 is 2.95 bits per heavy atom. The van der Waals surface area contributed by atoms with Gasteiger partial charge in [-0.15, -0.1) is 10.2 Å². The molecule has 0 aliphatic heterocycles. The predicted molar refractivity (Wildman–Crippen MR) is 75.3 cm³/mol. The van der Waals surface area contributed by atoms with Gasteiger partial charge in [0, 0.05) is 24.7 Å². The first-order valence-corrected chi connectivity index (χ1v) is 6.91. The minimum absolute atomic E-state index is 0.0401. The molecule has 0 atom stereocenters. The van der Waals surface area contributed by atoms with Gasteiger partial charge >= 0.3 is 0 Å². The van der Waals surface area contributed by atoms with Crippen molar-refractivity contribution in [3.05, 3.63) is 29.8 Å². The summed E-state index contributed by atoms with van der Waals surface area (Å²) in [5.74, 6) is 0.825. The van der Waals surface area contributed by atoms with E-state index in [1.807, 2.05) is 6.07 Å². The van der Waals surface area contributed by atoms with Crippen molar-refractivity contribution in [2.45, 2.75) is 18.9 Å². The average molecular weight is 287 g/mol. The number of H-pyrrole nitrogens is 1. The van der Waals surface area contributed by atoms with Crippen molar-refractivity contribution in [2.75, 3.05) is 13.6 Å². The van der Waals surface area contributed by atoms with E-state index in [-0.39, 0.29) is 12.0 Å². The first-order valence-electron chi connectivity index (χ1n) is 6.91. The van der Waals surface area contributed by atoms with E-state index in [1.165, 1.54) is 0 Å². The number of nitrogens with zero attached hydrogens (tertiary/aromatic N) is 4. The van der Waals surface area contributed by atoms with Crippen LogP contribution in [0.2, 0.25) is 0 Å². The number of aromatic nitrogens is 4. The Morgan fingerprint density at radius 1 is 1.48 bits per heavy atom. The van der Waals surface area contributed by atoms with Crippen molar-refractivity contribution >= 4 is 5.91 Å². The SMILES string of the molecule is CN(CC1CC(O)C1)C(=O)c1cccc(-c2nn[nH]n2)c1. The number of carbonyl (C=O) groups is 1. The van der Waals surface area contributed by atoms with Crippen LogP contribution in [-0.2, 0) is 0 Å². The number of hydrogen-bond donors (Lipinski definition) is 2. The molecule has 1 aromatic carbocycles. The summed E-state index contributed by atoms with van der Waals surface area (Å²) < 4.78 is 0. The van der Waals surface area contributed by atoms with Crippen molar-refractivity contribution in [3.8, 4) is 11.4 Å². The van der Waals surface area contributed by atoms with Crippen molar-refractivity contribution in [3.63, 3.8) is 0 Å². The molecule has 3 rings (SSSR count). The fourth-order valence-corrected chi connectivity index (χ4v) is 2.62. The van der Waals surface area contributed by atoms with Gasteiger partial charge in [-0.1, -0.05) is 12.1 Å². The molecule has 1 amide bonds. The second-order valence-electron chi connectivity index (χ2n) is 5.49. The van der Waals surface area contributed by atoms with E-state index in [0.29, 0.717) is 23.9 Å². The second kappa shape index (κ2) is 5.61. The Kier molecular flexibility index (Phi) is 3.66. The lowest BCUT2D eigenvalue weighted by atomic mass is 9.82. The molecule has 1 aliphatic rings. The van der Waals surface area contributed by atoms with Gasteiger partial charge in [-0.3, -0.25) is 4.79 Å². The molecule has 7 nitrogen and oxygen atoms in total. The van der Waals surface area contributed by atoms with Crippen LogP contribution in [0.3, 0.4) is 0 Å². The molecule has 1 aliphatic carbocycles. The number of amides is 1. The summed E-state index contributed by atoms with van der Waals surface area (Å²) in [6.45, 7) is 0.669. The topological polar surface area (TPSA) is 95.0 Å². The fraction of sp³-hybridized carbons (Fsp3) is 0.429. The van der Waals surface area contributed by atoms with Gasteiger partial charge in [-0.05, 0) is 36.1 Å². The molecule has 1 saturated carbocycles. The summed E-state index contributed by atoms with van der Waals surface area (Å²) >= 11 is 0. The average Bonchev–Trinajstić information content (AvgIpc) is 2.99. The van der Waals surface area contributed by atoms with Crippen LogP contribution in [0.1, 0.15) is 23.2 Å². The summed E-state index contributed by atoms with van der Waals surface area (Å²) in [7, 11) is 1.79. The third-order valence-corrected chi connectivity index (χ3v) is 3.80. The van der Waals surface area contributed by atoms with Gasteiger partial charge in [0.15, 0.2) is 0 Å². The molecule has 1 fully saturated rings. The number of carbonyl (C=O) groups excluding carboxylic acids is 1. The van der Waals surface area contributed by atoms with Gasteiger partial charge < -0.3 is 10.0 Å². The summed E-state index contributed by atoms with van der Waals surface area (Å²) in [6.07, 6.45) is 1.36. The maximum absolute atomic E-state index is 12.4. The number of aliphatic hydroxyl groups excluding tert-OH is 1. The van der Waals surface area contributed by atoms with Crippen LogP contribution in [0, 0.1) is 5.92 Å². The summed E-state index contributed by atoms with van der Waals surface area (Å²) in [6, 6.07) is 7.18. The van der Waals surface area contributed by atoms with E-state index in [0.717, 1.165) is 18.4 Å². The highest BCUT2D eigenvalue weighted by molar-refractivity contribution is 5.95. The van der Waals surface area contributed by atoms with Crippen LogP contribution < -0.4 is 0 Å². The van der Waals surface area contributed by atoms with Crippen LogP contribution in [0.25, 0.3) is 11.4 Å². The number of rotatable bonds is 4. The summed E-state index contributed by atoms with van der Waals surface area (Å²) in [5.41, 5.74) is 1.35. The van der Waals surface area contributed by atoms with Crippen LogP contribution in [0.5, 0.6) is 0 Å². The molecule has 110 valence electrons. The molecule has 0 radical (unpaired) electrons. The van der Waals surface area contributed by atoms with E-state index in [2.05, 4.69) is 20.6 Å². The van der Waals surface area contributed by atoms with E-state index in [9.17, 15) is 9.90 Å². The maximum Gasteiger partial charge on any atom is 0.253 e. The zero-order valence-electron chi connectivity index (χ0n) is 11.7. The molecular weight excluding hydrogens is 270 g/mol. The predicted octanol–water partition coefficient (Wildman–Crippen LogP) is 0.710. The minimum atomic E-state index is -0.194. The zero-order valence-corrected chi connectivity index (χ0v) is 11.7. The molecule has 0 saturated heterocycles. The van der Waals surface area contributed by atoms with Crippen molar-refractivity contribution in [1.82, 2.24) is 25.5 Å². The second-order valence-corrected chi connectivity index (χ2v) is 5.49. The van der Waals surface area contributed by atoms with Crippen molar-refractivity contribution in [2.24, 2.45) is 5.92 Å². The molecule has 7 heteroatoms. The molecule has 2 aromatic rings. The third-order valence-electron chi connectivity index (χ3n) is 3.80. The Labute approximate surface area is 122 Å². The molecule has 0 unspecified atom stereocenters. The van der Waals surface area contributed by atoms with E-state index in [1.54, 1.807) is 30.1 Å². The van der Waals surface area contributed by atoms with Gasteiger partial charge in [0.1, 0.15) is 0 Å². The summed E-state index contributed by atoms with van der Waals surface area (Å²) in [4.78, 5) is 14.1. The largest absolute Gasteiger partial charge is 0.393 e. The van der Waals surface area contributed by atoms with Gasteiger partial charge in [-0.25, -0.2) is 0 Å². The van der Waals surface area contributed by atoms with Gasteiger partial charge in [0.25, 0.3) is 5.91 Å². The van der Waals surface area contributed by atoms with Crippen molar-refractivity contribution < 1.29 is 9.90 Å². The molecule has 1 heterocycles. The molecule has 2 N–H and O–H groups in total. The number of hydrogen-bond acceptors (Lipinski definition) is 5.